The molecule has 0 aliphatic carbocycles. The maximum absolute atomic E-state index is 14.2. The second-order valence-electron chi connectivity index (χ2n) is 5.14. The Kier molecular flexibility index (Phi) is 6.04. The van der Waals surface area contributed by atoms with Gasteiger partial charge in [0.05, 0.1) is 12.3 Å². The molecule has 0 amide bonds. The van der Waals surface area contributed by atoms with Crippen LogP contribution in [0.25, 0.3) is 0 Å². The van der Waals surface area contributed by atoms with Crippen molar-refractivity contribution in [1.29, 1.82) is 0 Å². The molecule has 1 atom stereocenters. The van der Waals surface area contributed by atoms with Crippen LogP contribution in [-0.4, -0.2) is 18.8 Å². The summed E-state index contributed by atoms with van der Waals surface area (Å²) in [5.41, 5.74) is 2.87. The van der Waals surface area contributed by atoms with Crippen LogP contribution in [0.15, 0.2) is 42.5 Å². The molecule has 23 heavy (non-hydrogen) atoms. The number of carbonyl (C=O) groups excluding carboxylic acids is 1. The van der Waals surface area contributed by atoms with Gasteiger partial charge in [-0.05, 0) is 37.1 Å². The summed E-state index contributed by atoms with van der Waals surface area (Å²) in [6.07, 6.45) is 1.82. The molecule has 5 heteroatoms. The molecule has 0 saturated heterocycles. The standard InChI is InChI=1S/C18H20FNO2S/c1-4-22-18(21)17(13-7-5-12(2)6-8-13)14-9-10-16(20-23-3)15(19)11-14/h5-11,17,20H,4H2,1-3H3. The van der Waals surface area contributed by atoms with Crippen molar-refractivity contribution in [2.45, 2.75) is 19.8 Å². The Morgan fingerprint density at radius 1 is 1.22 bits per heavy atom. The van der Waals surface area contributed by atoms with Gasteiger partial charge in [0.1, 0.15) is 11.7 Å². The summed E-state index contributed by atoms with van der Waals surface area (Å²) in [6, 6.07) is 12.4. The first-order valence-corrected chi connectivity index (χ1v) is 8.61. The number of benzene rings is 2. The molecule has 0 aromatic heterocycles. The third-order valence-corrected chi connectivity index (χ3v) is 3.90. The number of ether oxygens (including phenoxy) is 1. The van der Waals surface area contributed by atoms with E-state index in [1.807, 2.05) is 37.4 Å². The summed E-state index contributed by atoms with van der Waals surface area (Å²) in [5, 5.41) is 0. The molecule has 2 aromatic rings. The van der Waals surface area contributed by atoms with Crippen molar-refractivity contribution in [3.63, 3.8) is 0 Å². The van der Waals surface area contributed by atoms with E-state index in [0.717, 1.165) is 11.1 Å². The molecule has 0 fully saturated rings. The van der Waals surface area contributed by atoms with E-state index in [1.165, 1.54) is 18.0 Å². The summed E-state index contributed by atoms with van der Waals surface area (Å²) in [5.74, 6) is -1.40. The van der Waals surface area contributed by atoms with Crippen molar-refractivity contribution in [2.24, 2.45) is 0 Å². The predicted molar refractivity (Wildman–Crippen MR) is 93.2 cm³/mol. The monoisotopic (exact) mass is 333 g/mol. The van der Waals surface area contributed by atoms with Crippen molar-refractivity contribution in [3.05, 3.63) is 65.0 Å². The normalized spacial score (nSPS) is 11.8. The quantitative estimate of drug-likeness (QED) is 0.623. The van der Waals surface area contributed by atoms with Gasteiger partial charge in [-0.2, -0.15) is 0 Å². The van der Waals surface area contributed by atoms with Gasteiger partial charge in [0, 0.05) is 6.26 Å². The highest BCUT2D eigenvalue weighted by molar-refractivity contribution is 7.99. The molecule has 0 spiro atoms. The lowest BCUT2D eigenvalue weighted by Gasteiger charge is -2.17. The van der Waals surface area contributed by atoms with Crippen LogP contribution in [0.4, 0.5) is 10.1 Å². The maximum Gasteiger partial charge on any atom is 0.317 e. The van der Waals surface area contributed by atoms with Gasteiger partial charge in [-0.15, -0.1) is 0 Å². The molecule has 0 aliphatic heterocycles. The molecule has 2 aromatic carbocycles. The molecule has 2 rings (SSSR count). The van der Waals surface area contributed by atoms with Crippen molar-refractivity contribution in [3.8, 4) is 0 Å². The average molecular weight is 333 g/mol. The smallest absolute Gasteiger partial charge is 0.317 e. The minimum absolute atomic E-state index is 0.287. The zero-order valence-corrected chi connectivity index (χ0v) is 14.2. The van der Waals surface area contributed by atoms with Crippen LogP contribution < -0.4 is 4.72 Å². The van der Waals surface area contributed by atoms with Crippen molar-refractivity contribution in [1.82, 2.24) is 0 Å². The van der Waals surface area contributed by atoms with E-state index in [4.69, 9.17) is 4.74 Å². The fourth-order valence-corrected chi connectivity index (χ4v) is 2.74. The molecular weight excluding hydrogens is 313 g/mol. The Balaban J connectivity index is 2.43. The van der Waals surface area contributed by atoms with E-state index in [-0.39, 0.29) is 12.6 Å². The zero-order valence-electron chi connectivity index (χ0n) is 13.4. The number of hydrogen-bond acceptors (Lipinski definition) is 4. The van der Waals surface area contributed by atoms with Gasteiger partial charge in [-0.1, -0.05) is 47.8 Å². The van der Waals surface area contributed by atoms with Crippen LogP contribution in [0.2, 0.25) is 0 Å². The number of hydrogen-bond donors (Lipinski definition) is 1. The summed E-state index contributed by atoms with van der Waals surface area (Å²) in [4.78, 5) is 12.4. The van der Waals surface area contributed by atoms with Crippen molar-refractivity contribution >= 4 is 23.6 Å². The van der Waals surface area contributed by atoms with Gasteiger partial charge < -0.3 is 9.46 Å². The topological polar surface area (TPSA) is 38.3 Å². The number of aryl methyl sites for hydroxylation is 1. The summed E-state index contributed by atoms with van der Waals surface area (Å²) in [6.45, 7) is 4.03. The minimum Gasteiger partial charge on any atom is -0.465 e. The molecular formula is C18H20FNO2S. The molecule has 0 saturated carbocycles. The predicted octanol–water partition coefficient (Wildman–Crippen LogP) is 4.52. The first-order chi connectivity index (χ1) is 11.1. The number of halogens is 1. The molecule has 1 unspecified atom stereocenters. The molecule has 0 heterocycles. The number of nitrogens with one attached hydrogen (secondary N) is 1. The van der Waals surface area contributed by atoms with Crippen LogP contribution in [-0.2, 0) is 9.53 Å². The highest BCUT2D eigenvalue weighted by Gasteiger charge is 2.25. The third-order valence-electron chi connectivity index (χ3n) is 3.47. The van der Waals surface area contributed by atoms with Crippen molar-refractivity contribution < 1.29 is 13.9 Å². The molecule has 1 N–H and O–H groups in total. The van der Waals surface area contributed by atoms with E-state index in [2.05, 4.69) is 4.72 Å². The number of anilines is 1. The highest BCUT2D eigenvalue weighted by Crippen LogP contribution is 2.29. The fourth-order valence-electron chi connectivity index (χ4n) is 2.35. The highest BCUT2D eigenvalue weighted by atomic mass is 32.2. The van der Waals surface area contributed by atoms with Gasteiger partial charge in [0.2, 0.25) is 0 Å². The molecule has 0 radical (unpaired) electrons. The number of esters is 1. The SMILES string of the molecule is CCOC(=O)C(c1ccc(C)cc1)c1ccc(NSC)c(F)c1. The van der Waals surface area contributed by atoms with Crippen LogP contribution in [0.1, 0.15) is 29.5 Å². The summed E-state index contributed by atoms with van der Waals surface area (Å²) < 4.78 is 22.2. The van der Waals surface area contributed by atoms with Crippen LogP contribution in [0.5, 0.6) is 0 Å². The Morgan fingerprint density at radius 2 is 1.87 bits per heavy atom. The Labute approximate surface area is 140 Å². The van der Waals surface area contributed by atoms with Gasteiger partial charge in [-0.25, -0.2) is 4.39 Å². The lowest BCUT2D eigenvalue weighted by atomic mass is 9.90. The second kappa shape index (κ2) is 8.02. The maximum atomic E-state index is 14.2. The zero-order chi connectivity index (χ0) is 16.8. The van der Waals surface area contributed by atoms with Gasteiger partial charge >= 0.3 is 5.97 Å². The van der Waals surface area contributed by atoms with Gasteiger partial charge in [0.25, 0.3) is 0 Å². The van der Waals surface area contributed by atoms with Crippen molar-refractivity contribution in [2.75, 3.05) is 17.6 Å². The Bertz CT molecular complexity index is 673. The van der Waals surface area contributed by atoms with E-state index in [0.29, 0.717) is 11.3 Å². The molecule has 0 aliphatic rings. The molecule has 122 valence electrons. The summed E-state index contributed by atoms with van der Waals surface area (Å²) >= 11 is 1.31. The molecule has 0 bridgehead atoms. The lowest BCUT2D eigenvalue weighted by Crippen LogP contribution is -2.17. The minimum atomic E-state index is -0.631. The van der Waals surface area contributed by atoms with Gasteiger partial charge in [0.15, 0.2) is 0 Å². The first-order valence-electron chi connectivity index (χ1n) is 7.38. The van der Waals surface area contributed by atoms with E-state index in [9.17, 15) is 9.18 Å². The largest absolute Gasteiger partial charge is 0.465 e. The van der Waals surface area contributed by atoms with Gasteiger partial charge in [-0.3, -0.25) is 4.79 Å². The van der Waals surface area contributed by atoms with Crippen LogP contribution >= 0.6 is 11.9 Å². The molecule has 3 nitrogen and oxygen atoms in total. The first kappa shape index (κ1) is 17.3. The average Bonchev–Trinajstić information content (AvgIpc) is 2.52. The second-order valence-corrected chi connectivity index (χ2v) is 5.75. The van der Waals surface area contributed by atoms with E-state index < -0.39 is 11.7 Å². The lowest BCUT2D eigenvalue weighted by molar-refractivity contribution is -0.143. The Hall–Kier alpha value is -2.01. The number of rotatable bonds is 6. The van der Waals surface area contributed by atoms with Crippen LogP contribution in [0.3, 0.4) is 0 Å². The fraction of sp³-hybridized carbons (Fsp3) is 0.278. The third kappa shape index (κ3) is 4.26. The van der Waals surface area contributed by atoms with Crippen LogP contribution in [0, 0.1) is 12.7 Å². The Morgan fingerprint density at radius 3 is 2.43 bits per heavy atom. The van der Waals surface area contributed by atoms with E-state index in [1.54, 1.807) is 19.1 Å². The summed E-state index contributed by atoms with van der Waals surface area (Å²) in [7, 11) is 0. The van der Waals surface area contributed by atoms with E-state index >= 15 is 0 Å². The number of carbonyl (C=O) groups is 1.